The SMILES string of the molecule is CCCS(=O)(=O)NC(=O)CCOC1CCNCC1. The molecule has 0 aromatic heterocycles. The normalized spacial score (nSPS) is 17.6. The van der Waals surface area contributed by atoms with Crippen molar-refractivity contribution in [3.8, 4) is 0 Å². The summed E-state index contributed by atoms with van der Waals surface area (Å²) in [5.41, 5.74) is 0. The summed E-state index contributed by atoms with van der Waals surface area (Å²) in [4.78, 5) is 11.4. The van der Waals surface area contributed by atoms with Gasteiger partial charge in [0.15, 0.2) is 0 Å². The Morgan fingerprint density at radius 1 is 1.39 bits per heavy atom. The van der Waals surface area contributed by atoms with Crippen molar-refractivity contribution in [1.29, 1.82) is 0 Å². The molecule has 7 heteroatoms. The average Bonchev–Trinajstić information content (AvgIpc) is 2.29. The molecule has 0 atom stereocenters. The molecule has 0 saturated carbocycles. The van der Waals surface area contributed by atoms with E-state index in [9.17, 15) is 13.2 Å². The largest absolute Gasteiger partial charge is 0.378 e. The van der Waals surface area contributed by atoms with Crippen molar-refractivity contribution < 1.29 is 17.9 Å². The van der Waals surface area contributed by atoms with Crippen LogP contribution in [0.1, 0.15) is 32.6 Å². The first kappa shape index (κ1) is 15.4. The Bertz CT molecular complexity index is 350. The molecule has 6 nitrogen and oxygen atoms in total. The molecule has 0 aromatic carbocycles. The Morgan fingerprint density at radius 2 is 2.06 bits per heavy atom. The molecule has 0 aromatic rings. The van der Waals surface area contributed by atoms with Crippen LogP contribution in [0, 0.1) is 0 Å². The molecule has 0 bridgehead atoms. The molecule has 0 radical (unpaired) electrons. The van der Waals surface area contributed by atoms with Gasteiger partial charge in [-0.05, 0) is 32.4 Å². The van der Waals surface area contributed by atoms with E-state index >= 15 is 0 Å². The van der Waals surface area contributed by atoms with Crippen LogP contribution in [0.3, 0.4) is 0 Å². The number of carbonyl (C=O) groups excluding carboxylic acids is 1. The second-order valence-corrected chi connectivity index (χ2v) is 6.26. The van der Waals surface area contributed by atoms with Crippen LogP contribution >= 0.6 is 0 Å². The number of sulfonamides is 1. The zero-order valence-electron chi connectivity index (χ0n) is 10.8. The molecule has 18 heavy (non-hydrogen) atoms. The number of hydrogen-bond donors (Lipinski definition) is 2. The van der Waals surface area contributed by atoms with Crippen LogP contribution in [0.5, 0.6) is 0 Å². The standard InChI is InChI=1S/C11H22N2O4S/c1-2-9-18(15,16)13-11(14)5-8-17-10-3-6-12-7-4-10/h10,12H,2-9H2,1H3,(H,13,14). The molecule has 106 valence electrons. The number of hydrogen-bond acceptors (Lipinski definition) is 5. The predicted molar refractivity (Wildman–Crippen MR) is 68.7 cm³/mol. The highest BCUT2D eigenvalue weighted by Gasteiger charge is 2.16. The van der Waals surface area contributed by atoms with Gasteiger partial charge < -0.3 is 10.1 Å². The maximum atomic E-state index is 11.4. The molecule has 1 saturated heterocycles. The molecule has 0 spiro atoms. The molecule has 1 heterocycles. The van der Waals surface area contributed by atoms with E-state index < -0.39 is 15.9 Å². The van der Waals surface area contributed by atoms with Crippen LogP contribution in [0.25, 0.3) is 0 Å². The first-order chi connectivity index (χ1) is 8.53. The minimum absolute atomic E-state index is 0.0199. The second-order valence-electron chi connectivity index (χ2n) is 4.41. The highest BCUT2D eigenvalue weighted by Crippen LogP contribution is 2.07. The van der Waals surface area contributed by atoms with Gasteiger partial charge in [0.1, 0.15) is 0 Å². The quantitative estimate of drug-likeness (QED) is 0.685. The van der Waals surface area contributed by atoms with Gasteiger partial charge in [0.2, 0.25) is 15.9 Å². The van der Waals surface area contributed by atoms with Crippen LogP contribution in [0.15, 0.2) is 0 Å². The maximum Gasteiger partial charge on any atom is 0.235 e. The van der Waals surface area contributed by atoms with E-state index in [1.165, 1.54) is 0 Å². The van der Waals surface area contributed by atoms with Crippen molar-refractivity contribution in [1.82, 2.24) is 10.0 Å². The van der Waals surface area contributed by atoms with Crippen LogP contribution in [0.4, 0.5) is 0 Å². The van der Waals surface area contributed by atoms with E-state index in [1.54, 1.807) is 6.92 Å². The van der Waals surface area contributed by atoms with Crippen LogP contribution in [0.2, 0.25) is 0 Å². The predicted octanol–water partition coefficient (Wildman–Crippen LogP) is 0.00110. The van der Waals surface area contributed by atoms with Gasteiger partial charge in [-0.15, -0.1) is 0 Å². The lowest BCUT2D eigenvalue weighted by Crippen LogP contribution is -2.35. The summed E-state index contributed by atoms with van der Waals surface area (Å²) in [6.45, 7) is 3.89. The highest BCUT2D eigenvalue weighted by molar-refractivity contribution is 7.90. The summed E-state index contributed by atoms with van der Waals surface area (Å²) in [5.74, 6) is -0.508. The van der Waals surface area contributed by atoms with Crippen LogP contribution in [-0.2, 0) is 19.6 Å². The van der Waals surface area contributed by atoms with E-state index in [4.69, 9.17) is 4.74 Å². The van der Waals surface area contributed by atoms with E-state index in [-0.39, 0.29) is 24.9 Å². The zero-order chi connectivity index (χ0) is 13.4. The van der Waals surface area contributed by atoms with Gasteiger partial charge >= 0.3 is 0 Å². The molecular formula is C11H22N2O4S. The average molecular weight is 278 g/mol. The highest BCUT2D eigenvalue weighted by atomic mass is 32.2. The molecule has 2 N–H and O–H groups in total. The summed E-state index contributed by atoms with van der Waals surface area (Å²) >= 11 is 0. The summed E-state index contributed by atoms with van der Waals surface area (Å²) < 4.78 is 30.2. The van der Waals surface area contributed by atoms with Crippen molar-refractivity contribution in [3.05, 3.63) is 0 Å². The molecule has 1 aliphatic rings. The van der Waals surface area contributed by atoms with Gasteiger partial charge in [0.25, 0.3) is 0 Å². The first-order valence-corrected chi connectivity index (χ1v) is 8.04. The van der Waals surface area contributed by atoms with Gasteiger partial charge in [-0.1, -0.05) is 6.92 Å². The lowest BCUT2D eigenvalue weighted by Gasteiger charge is -2.22. The fourth-order valence-electron chi connectivity index (χ4n) is 1.82. The van der Waals surface area contributed by atoms with Gasteiger partial charge in [-0.25, -0.2) is 8.42 Å². The van der Waals surface area contributed by atoms with Crippen LogP contribution in [-0.4, -0.2) is 45.9 Å². The summed E-state index contributed by atoms with van der Waals surface area (Å²) in [5, 5.41) is 3.22. The van der Waals surface area contributed by atoms with E-state index in [0.717, 1.165) is 25.9 Å². The van der Waals surface area contributed by atoms with Crippen molar-refractivity contribution >= 4 is 15.9 Å². The third-order valence-electron chi connectivity index (χ3n) is 2.71. The summed E-state index contributed by atoms with van der Waals surface area (Å²) in [6, 6.07) is 0. The lowest BCUT2D eigenvalue weighted by atomic mass is 10.1. The van der Waals surface area contributed by atoms with Crippen molar-refractivity contribution in [3.63, 3.8) is 0 Å². The number of nitrogens with one attached hydrogen (secondary N) is 2. The van der Waals surface area contributed by atoms with Crippen molar-refractivity contribution in [2.45, 2.75) is 38.7 Å². The molecule has 0 aliphatic carbocycles. The van der Waals surface area contributed by atoms with E-state index in [1.807, 2.05) is 4.72 Å². The third-order valence-corrected chi connectivity index (χ3v) is 4.20. The fraction of sp³-hybridized carbons (Fsp3) is 0.909. The molecule has 1 aliphatic heterocycles. The lowest BCUT2D eigenvalue weighted by molar-refractivity contribution is -0.121. The minimum atomic E-state index is -3.45. The Labute approximate surface area is 109 Å². The monoisotopic (exact) mass is 278 g/mol. The van der Waals surface area contributed by atoms with Gasteiger partial charge in [-0.3, -0.25) is 9.52 Å². The van der Waals surface area contributed by atoms with Crippen molar-refractivity contribution in [2.75, 3.05) is 25.4 Å². The second kappa shape index (κ2) is 7.70. The topological polar surface area (TPSA) is 84.5 Å². The third kappa shape index (κ3) is 6.32. The molecule has 1 amide bonds. The molecule has 0 unspecified atom stereocenters. The fourth-order valence-corrected chi connectivity index (χ4v) is 2.91. The first-order valence-electron chi connectivity index (χ1n) is 6.39. The van der Waals surface area contributed by atoms with Gasteiger partial charge in [-0.2, -0.15) is 0 Å². The summed E-state index contributed by atoms with van der Waals surface area (Å²) in [7, 11) is -3.45. The molecule has 1 rings (SSSR count). The van der Waals surface area contributed by atoms with Crippen molar-refractivity contribution in [2.24, 2.45) is 0 Å². The smallest absolute Gasteiger partial charge is 0.235 e. The Hall–Kier alpha value is -0.660. The minimum Gasteiger partial charge on any atom is -0.378 e. The van der Waals surface area contributed by atoms with Gasteiger partial charge in [0, 0.05) is 0 Å². The zero-order valence-corrected chi connectivity index (χ0v) is 11.6. The Morgan fingerprint density at radius 3 is 2.67 bits per heavy atom. The Balaban J connectivity index is 2.16. The van der Waals surface area contributed by atoms with Crippen LogP contribution < -0.4 is 10.0 Å². The molecular weight excluding hydrogens is 256 g/mol. The number of carbonyl (C=O) groups is 1. The van der Waals surface area contributed by atoms with Gasteiger partial charge in [0.05, 0.1) is 24.9 Å². The summed E-state index contributed by atoms with van der Waals surface area (Å²) in [6.07, 6.45) is 2.65. The maximum absolute atomic E-state index is 11.4. The Kier molecular flexibility index (Phi) is 6.59. The van der Waals surface area contributed by atoms with E-state index in [2.05, 4.69) is 5.32 Å². The number of amides is 1. The number of ether oxygens (including phenoxy) is 1. The van der Waals surface area contributed by atoms with E-state index in [0.29, 0.717) is 6.42 Å². The number of rotatable bonds is 7. The number of piperidine rings is 1. The molecule has 1 fully saturated rings.